The van der Waals surface area contributed by atoms with Crippen molar-refractivity contribution in [2.24, 2.45) is 0 Å². The number of rotatable bonds is 5. The monoisotopic (exact) mass is 535 g/mol. The zero-order chi connectivity index (χ0) is 26.6. The number of nitrogens with zero attached hydrogens (tertiary/aromatic N) is 4. The summed E-state index contributed by atoms with van der Waals surface area (Å²) in [7, 11) is 0. The SMILES string of the molecule is Cc1nn(-c2ccccc2)c2c1C(c1ccc([N+](=O)[O-])cc1)C1=C(N2)N(Cc2ccccc2)C2(CCCC2)S1. The van der Waals surface area contributed by atoms with E-state index < -0.39 is 0 Å². The standard InChI is InChI=1S/C31H29N5O2S/c1-21-26-27(23-14-16-25(17-15-23)36(37)38)28-30(32-29(26)35(33-21)24-12-6-3-7-13-24)34(20-22-10-4-2-5-11-22)31(39-28)18-8-9-19-31/h2-7,10-17,27,32H,8-9,18-20H2,1H3. The number of thioether (sulfide) groups is 1. The summed E-state index contributed by atoms with van der Waals surface area (Å²) in [5.74, 6) is 2.05. The molecule has 3 aliphatic rings. The van der Waals surface area contributed by atoms with E-state index in [1.165, 1.54) is 23.3 Å². The first-order valence-corrected chi connectivity index (χ1v) is 14.3. The maximum Gasteiger partial charge on any atom is 0.269 e. The number of nitrogens with one attached hydrogen (secondary N) is 1. The number of nitro groups is 1. The molecule has 0 radical (unpaired) electrons. The number of anilines is 1. The van der Waals surface area contributed by atoms with Crippen LogP contribution in [0.2, 0.25) is 0 Å². The van der Waals surface area contributed by atoms with E-state index in [0.29, 0.717) is 0 Å². The molecule has 1 aromatic heterocycles. The molecule has 0 saturated heterocycles. The third-order valence-electron chi connectivity index (χ3n) is 8.20. The molecule has 8 heteroatoms. The molecule has 39 heavy (non-hydrogen) atoms. The van der Waals surface area contributed by atoms with E-state index >= 15 is 0 Å². The van der Waals surface area contributed by atoms with Gasteiger partial charge in [0.25, 0.3) is 5.69 Å². The summed E-state index contributed by atoms with van der Waals surface area (Å²) in [6.07, 6.45) is 4.69. The molecule has 7 rings (SSSR count). The molecule has 1 fully saturated rings. The van der Waals surface area contributed by atoms with Crippen molar-refractivity contribution in [2.75, 3.05) is 5.32 Å². The predicted octanol–water partition coefficient (Wildman–Crippen LogP) is 7.33. The highest BCUT2D eigenvalue weighted by atomic mass is 32.2. The number of hydrogen-bond acceptors (Lipinski definition) is 6. The van der Waals surface area contributed by atoms with Crippen LogP contribution in [0.15, 0.2) is 95.7 Å². The highest BCUT2D eigenvalue weighted by Crippen LogP contribution is 2.62. The van der Waals surface area contributed by atoms with Crippen LogP contribution >= 0.6 is 11.8 Å². The van der Waals surface area contributed by atoms with Gasteiger partial charge in [-0.2, -0.15) is 5.10 Å². The van der Waals surface area contributed by atoms with Crippen LogP contribution in [0.4, 0.5) is 11.5 Å². The number of hydrogen-bond donors (Lipinski definition) is 1. The van der Waals surface area contributed by atoms with Gasteiger partial charge in [0, 0.05) is 35.1 Å². The molecule has 2 aliphatic heterocycles. The zero-order valence-electron chi connectivity index (χ0n) is 21.7. The zero-order valence-corrected chi connectivity index (χ0v) is 22.5. The lowest BCUT2D eigenvalue weighted by Crippen LogP contribution is -2.41. The van der Waals surface area contributed by atoms with Crippen molar-refractivity contribution in [1.29, 1.82) is 0 Å². The Hall–Kier alpha value is -4.04. The Kier molecular flexibility index (Phi) is 5.74. The van der Waals surface area contributed by atoms with E-state index in [0.717, 1.165) is 53.5 Å². The minimum absolute atomic E-state index is 0.00504. The second-order valence-corrected chi connectivity index (χ2v) is 11.9. The van der Waals surface area contributed by atoms with Crippen LogP contribution in [0, 0.1) is 17.0 Å². The highest BCUT2D eigenvalue weighted by Gasteiger charge is 2.52. The van der Waals surface area contributed by atoms with Crippen molar-refractivity contribution in [3.8, 4) is 5.69 Å². The molecule has 0 amide bonds. The summed E-state index contributed by atoms with van der Waals surface area (Å²) < 4.78 is 2.01. The van der Waals surface area contributed by atoms with Crippen molar-refractivity contribution in [3.05, 3.63) is 128 Å². The van der Waals surface area contributed by atoms with Gasteiger partial charge in [0.1, 0.15) is 11.6 Å². The average Bonchev–Trinajstić information content (AvgIpc) is 3.65. The Labute approximate surface area is 231 Å². The lowest BCUT2D eigenvalue weighted by Gasteiger charge is -2.38. The third kappa shape index (κ3) is 3.93. The van der Waals surface area contributed by atoms with Gasteiger partial charge in [-0.1, -0.05) is 85.3 Å². The normalized spacial score (nSPS) is 19.2. The van der Waals surface area contributed by atoms with Gasteiger partial charge < -0.3 is 10.2 Å². The molecular weight excluding hydrogens is 506 g/mol. The van der Waals surface area contributed by atoms with Crippen LogP contribution in [0.3, 0.4) is 0 Å². The molecule has 3 heterocycles. The summed E-state index contributed by atoms with van der Waals surface area (Å²) >= 11 is 1.99. The summed E-state index contributed by atoms with van der Waals surface area (Å²) in [4.78, 5) is 15.0. The van der Waals surface area contributed by atoms with Crippen LogP contribution < -0.4 is 5.32 Å². The van der Waals surface area contributed by atoms with Gasteiger partial charge in [0.15, 0.2) is 0 Å². The Balaban J connectivity index is 1.42. The first-order chi connectivity index (χ1) is 19.0. The van der Waals surface area contributed by atoms with Gasteiger partial charge in [0.05, 0.1) is 21.2 Å². The van der Waals surface area contributed by atoms with Gasteiger partial charge in [-0.15, -0.1) is 0 Å². The first kappa shape index (κ1) is 24.0. The summed E-state index contributed by atoms with van der Waals surface area (Å²) in [6.45, 7) is 2.89. The van der Waals surface area contributed by atoms with Crippen molar-refractivity contribution in [2.45, 2.75) is 49.9 Å². The van der Waals surface area contributed by atoms with Crippen molar-refractivity contribution < 1.29 is 4.92 Å². The fourth-order valence-corrected chi connectivity index (χ4v) is 8.17. The van der Waals surface area contributed by atoms with Crippen LogP contribution in [0.25, 0.3) is 5.69 Å². The Morgan fingerprint density at radius 2 is 1.67 bits per heavy atom. The number of allylic oxidation sites excluding steroid dienone is 1. The fourth-order valence-electron chi connectivity index (χ4n) is 6.37. The molecule has 1 unspecified atom stereocenters. The van der Waals surface area contributed by atoms with Crippen molar-refractivity contribution in [3.63, 3.8) is 0 Å². The van der Waals surface area contributed by atoms with Gasteiger partial charge >= 0.3 is 0 Å². The van der Waals surface area contributed by atoms with Crippen LogP contribution in [-0.2, 0) is 6.54 Å². The van der Waals surface area contributed by atoms with Gasteiger partial charge in [-0.3, -0.25) is 10.1 Å². The maximum atomic E-state index is 11.4. The van der Waals surface area contributed by atoms with Gasteiger partial charge in [0.2, 0.25) is 0 Å². The average molecular weight is 536 g/mol. The molecule has 4 aromatic rings. The topological polar surface area (TPSA) is 76.2 Å². The molecule has 1 aliphatic carbocycles. The van der Waals surface area contributed by atoms with E-state index in [9.17, 15) is 10.1 Å². The van der Waals surface area contributed by atoms with E-state index in [4.69, 9.17) is 5.10 Å². The number of aromatic nitrogens is 2. The summed E-state index contributed by atoms with van der Waals surface area (Å²) in [5, 5.41) is 20.3. The molecule has 3 aromatic carbocycles. The number of fused-ring (bicyclic) bond motifs is 1. The van der Waals surface area contributed by atoms with E-state index in [1.807, 2.05) is 46.8 Å². The summed E-state index contributed by atoms with van der Waals surface area (Å²) in [5.41, 5.74) is 5.53. The van der Waals surface area contributed by atoms with E-state index in [2.05, 4.69) is 59.6 Å². The molecular formula is C31H29N5O2S. The lowest BCUT2D eigenvalue weighted by molar-refractivity contribution is -0.384. The first-order valence-electron chi connectivity index (χ1n) is 13.5. The molecule has 1 atom stereocenters. The van der Waals surface area contributed by atoms with Crippen molar-refractivity contribution in [1.82, 2.24) is 14.7 Å². The van der Waals surface area contributed by atoms with Gasteiger partial charge in [-0.25, -0.2) is 4.68 Å². The minimum atomic E-state index is -0.333. The Morgan fingerprint density at radius 1 is 1.00 bits per heavy atom. The highest BCUT2D eigenvalue weighted by molar-refractivity contribution is 8.04. The Bertz CT molecular complexity index is 1570. The maximum absolute atomic E-state index is 11.4. The van der Waals surface area contributed by atoms with E-state index in [-0.39, 0.29) is 21.4 Å². The minimum Gasteiger partial charge on any atom is -0.338 e. The number of aryl methyl sites for hydroxylation is 1. The number of benzene rings is 3. The van der Waals surface area contributed by atoms with Crippen LogP contribution in [-0.4, -0.2) is 24.5 Å². The van der Waals surface area contributed by atoms with Crippen LogP contribution in [0.1, 0.15) is 54.0 Å². The van der Waals surface area contributed by atoms with Crippen LogP contribution in [0.5, 0.6) is 0 Å². The third-order valence-corrected chi connectivity index (χ3v) is 9.85. The number of non-ortho nitro benzene ring substituents is 1. The van der Waals surface area contributed by atoms with E-state index in [1.54, 1.807) is 12.1 Å². The fraction of sp³-hybridized carbons (Fsp3) is 0.258. The van der Waals surface area contributed by atoms with Crippen molar-refractivity contribution >= 4 is 23.3 Å². The lowest BCUT2D eigenvalue weighted by atomic mass is 9.88. The largest absolute Gasteiger partial charge is 0.338 e. The summed E-state index contributed by atoms with van der Waals surface area (Å²) in [6, 6.07) is 28.0. The molecule has 1 saturated carbocycles. The number of nitro benzene ring substituents is 1. The molecule has 1 spiro atoms. The number of para-hydroxylation sites is 1. The molecule has 1 N–H and O–H groups in total. The predicted molar refractivity (Wildman–Crippen MR) is 155 cm³/mol. The molecule has 0 bridgehead atoms. The van der Waals surface area contributed by atoms with Gasteiger partial charge in [-0.05, 0) is 43.0 Å². The smallest absolute Gasteiger partial charge is 0.269 e. The second kappa shape index (κ2) is 9.31. The second-order valence-electron chi connectivity index (χ2n) is 10.5. The Morgan fingerprint density at radius 3 is 2.33 bits per heavy atom. The quantitative estimate of drug-likeness (QED) is 0.213. The molecule has 196 valence electrons. The molecule has 7 nitrogen and oxygen atoms in total.